The van der Waals surface area contributed by atoms with E-state index in [4.69, 9.17) is 4.74 Å². The Balaban J connectivity index is 1.42. The second-order valence-electron chi connectivity index (χ2n) is 17.5. The van der Waals surface area contributed by atoms with Gasteiger partial charge in [0.15, 0.2) is 0 Å². The van der Waals surface area contributed by atoms with Crippen molar-refractivity contribution in [3.63, 3.8) is 0 Å². The van der Waals surface area contributed by atoms with Crippen LogP contribution in [0.2, 0.25) is 0 Å². The third-order valence-corrected chi connectivity index (χ3v) is 10.7. The first-order valence-electron chi connectivity index (χ1n) is 20.3. The number of ether oxygens (including phenoxy) is 1. The number of nitrogens with one attached hydrogen (secondary N) is 3. The van der Waals surface area contributed by atoms with Gasteiger partial charge in [-0.2, -0.15) is 0 Å². The second kappa shape index (κ2) is 19.8. The third kappa shape index (κ3) is 12.4. The van der Waals surface area contributed by atoms with Crippen molar-refractivity contribution in [1.29, 1.82) is 0 Å². The molecule has 1 aliphatic heterocycles. The summed E-state index contributed by atoms with van der Waals surface area (Å²) >= 11 is 0. The molecule has 0 radical (unpaired) electrons. The SMILES string of the molecule is COC(=O)N[C@H](C(=O)N[C@@H](Cc1ccc(-c2cccnc2)cc1)[C@@H](O)C[C@H](Cc1ccccc1)NC(=O)[C@@H](N1CCN(Cc2ccccc2)C1=O)C(C)(C)C)C(C)(C)C. The van der Waals surface area contributed by atoms with Gasteiger partial charge in [0, 0.05) is 38.1 Å². The predicted molar refractivity (Wildman–Crippen MR) is 229 cm³/mol. The fourth-order valence-corrected chi connectivity index (χ4v) is 7.64. The highest BCUT2D eigenvalue weighted by molar-refractivity contribution is 5.89. The lowest BCUT2D eigenvalue weighted by molar-refractivity contribution is -0.130. The quantitative estimate of drug-likeness (QED) is 0.103. The molecule has 1 fully saturated rings. The molecule has 2 heterocycles. The summed E-state index contributed by atoms with van der Waals surface area (Å²) in [7, 11) is 1.24. The van der Waals surface area contributed by atoms with Crippen LogP contribution in [0.5, 0.6) is 0 Å². The molecule has 1 aliphatic rings. The molecule has 0 unspecified atom stereocenters. The lowest BCUT2D eigenvalue weighted by Gasteiger charge is -2.38. The minimum absolute atomic E-state index is 0.0783. The number of benzene rings is 3. The summed E-state index contributed by atoms with van der Waals surface area (Å²) in [6.45, 7) is 12.7. The van der Waals surface area contributed by atoms with Crippen LogP contribution >= 0.6 is 0 Å². The highest BCUT2D eigenvalue weighted by Gasteiger charge is 2.44. The number of carbonyl (C=O) groups is 4. The van der Waals surface area contributed by atoms with Gasteiger partial charge in [-0.05, 0) is 64.0 Å². The van der Waals surface area contributed by atoms with Gasteiger partial charge in [0.2, 0.25) is 11.8 Å². The van der Waals surface area contributed by atoms with Gasteiger partial charge in [0.05, 0.1) is 19.3 Å². The van der Waals surface area contributed by atoms with E-state index in [0.717, 1.165) is 27.8 Å². The number of aliphatic hydroxyl groups excluding tert-OH is 1. The number of urea groups is 1. The van der Waals surface area contributed by atoms with E-state index in [9.17, 15) is 24.3 Å². The number of amides is 5. The van der Waals surface area contributed by atoms with Gasteiger partial charge in [-0.25, -0.2) is 9.59 Å². The molecule has 314 valence electrons. The largest absolute Gasteiger partial charge is 0.453 e. The number of nitrogens with zero attached hydrogens (tertiary/aromatic N) is 3. The number of aromatic nitrogens is 1. The van der Waals surface area contributed by atoms with Gasteiger partial charge in [0.1, 0.15) is 12.1 Å². The molecule has 12 nitrogen and oxygen atoms in total. The Morgan fingerprint density at radius 1 is 0.729 bits per heavy atom. The number of pyridine rings is 1. The van der Waals surface area contributed by atoms with E-state index >= 15 is 0 Å². The van der Waals surface area contributed by atoms with E-state index in [0.29, 0.717) is 26.1 Å². The molecule has 5 amide bonds. The van der Waals surface area contributed by atoms with Crippen molar-refractivity contribution in [1.82, 2.24) is 30.7 Å². The fraction of sp³-hybridized carbons (Fsp3) is 0.426. The van der Waals surface area contributed by atoms with Crippen molar-refractivity contribution in [2.75, 3.05) is 20.2 Å². The first-order valence-corrected chi connectivity index (χ1v) is 20.3. The number of alkyl carbamates (subject to hydrolysis) is 1. The molecule has 3 aromatic carbocycles. The Labute approximate surface area is 348 Å². The van der Waals surface area contributed by atoms with E-state index in [-0.39, 0.29) is 24.8 Å². The maximum absolute atomic E-state index is 14.6. The molecular weight excluding hydrogens is 745 g/mol. The third-order valence-electron chi connectivity index (χ3n) is 10.7. The van der Waals surface area contributed by atoms with Crippen LogP contribution in [0.4, 0.5) is 9.59 Å². The van der Waals surface area contributed by atoms with Crippen molar-refractivity contribution >= 4 is 23.9 Å². The zero-order valence-electron chi connectivity index (χ0n) is 35.4. The van der Waals surface area contributed by atoms with Crippen molar-refractivity contribution in [2.45, 2.75) is 97.6 Å². The van der Waals surface area contributed by atoms with Gasteiger partial charge in [-0.15, -0.1) is 0 Å². The first kappa shape index (κ1) is 44.4. The zero-order chi connectivity index (χ0) is 42.7. The van der Waals surface area contributed by atoms with Crippen molar-refractivity contribution in [3.8, 4) is 11.1 Å². The van der Waals surface area contributed by atoms with E-state index in [2.05, 4.69) is 20.9 Å². The molecule has 1 saturated heterocycles. The van der Waals surface area contributed by atoms with E-state index in [1.807, 2.05) is 139 Å². The number of aliphatic hydroxyl groups is 1. The van der Waals surface area contributed by atoms with Crippen LogP contribution in [0.15, 0.2) is 109 Å². The molecule has 1 aromatic heterocycles. The van der Waals surface area contributed by atoms with Crippen LogP contribution in [0, 0.1) is 10.8 Å². The number of hydrogen-bond donors (Lipinski definition) is 4. The van der Waals surface area contributed by atoms with Crippen LogP contribution in [-0.2, 0) is 33.7 Å². The van der Waals surface area contributed by atoms with Gasteiger partial charge < -0.3 is 35.6 Å². The number of rotatable bonds is 16. The monoisotopic (exact) mass is 804 g/mol. The molecule has 5 atom stereocenters. The summed E-state index contributed by atoms with van der Waals surface area (Å²) < 4.78 is 4.84. The van der Waals surface area contributed by atoms with Crippen LogP contribution in [0.3, 0.4) is 0 Å². The van der Waals surface area contributed by atoms with E-state index in [1.165, 1.54) is 7.11 Å². The standard InChI is InChI=1S/C47H60N6O6/c1-46(2,3)40(51-44(57)59-7)42(55)50-38(28-33-20-22-35(23-21-33)36-19-14-24-48-30-36)39(54)29-37(27-32-15-10-8-11-16-32)49-43(56)41(47(4,5)6)53-26-25-52(45(53)58)31-34-17-12-9-13-18-34/h8-24,30,37-41,54H,25-29,31H2,1-7H3,(H,49,56)(H,50,55)(H,51,57)/t37-,38-,39-,40+,41+/m0/s1. The van der Waals surface area contributed by atoms with Crippen LogP contribution < -0.4 is 16.0 Å². The molecule has 5 rings (SSSR count). The summed E-state index contributed by atoms with van der Waals surface area (Å²) in [6, 6.07) is 27.8. The Hall–Kier alpha value is -5.75. The molecule has 0 saturated carbocycles. The molecule has 0 spiro atoms. The Morgan fingerprint density at radius 2 is 1.36 bits per heavy atom. The molecule has 0 bridgehead atoms. The second-order valence-corrected chi connectivity index (χ2v) is 17.5. The summed E-state index contributed by atoms with van der Waals surface area (Å²) in [4.78, 5) is 62.5. The Kier molecular flexibility index (Phi) is 14.9. The minimum atomic E-state index is -1.15. The van der Waals surface area contributed by atoms with Crippen LogP contribution in [0.1, 0.15) is 64.7 Å². The average Bonchev–Trinajstić information content (AvgIpc) is 3.54. The summed E-state index contributed by atoms with van der Waals surface area (Å²) in [5, 5.41) is 21.1. The fourth-order valence-electron chi connectivity index (χ4n) is 7.64. The number of carbonyl (C=O) groups excluding carboxylic acids is 4. The zero-order valence-corrected chi connectivity index (χ0v) is 35.4. The normalized spacial score (nSPS) is 15.8. The predicted octanol–water partition coefficient (Wildman–Crippen LogP) is 6.38. The Bertz CT molecular complexity index is 1980. The van der Waals surface area contributed by atoms with Gasteiger partial charge in [-0.3, -0.25) is 14.6 Å². The van der Waals surface area contributed by atoms with Crippen molar-refractivity contribution in [2.24, 2.45) is 10.8 Å². The highest BCUT2D eigenvalue weighted by atomic mass is 16.5. The van der Waals surface area contributed by atoms with Crippen LogP contribution in [-0.4, -0.2) is 94.3 Å². The molecule has 4 aromatic rings. The summed E-state index contributed by atoms with van der Waals surface area (Å²) in [6.07, 6.45) is 2.34. The Morgan fingerprint density at radius 3 is 1.93 bits per heavy atom. The molecule has 4 N–H and O–H groups in total. The molecule has 59 heavy (non-hydrogen) atoms. The minimum Gasteiger partial charge on any atom is -0.453 e. The number of hydrogen-bond acceptors (Lipinski definition) is 7. The summed E-state index contributed by atoms with van der Waals surface area (Å²) in [5.74, 6) is -0.801. The summed E-state index contributed by atoms with van der Waals surface area (Å²) in [5.41, 5.74) is 3.43. The lowest BCUT2D eigenvalue weighted by atomic mass is 9.84. The lowest BCUT2D eigenvalue weighted by Crippen LogP contribution is -2.59. The van der Waals surface area contributed by atoms with Crippen molar-refractivity contribution in [3.05, 3.63) is 126 Å². The average molecular weight is 805 g/mol. The highest BCUT2D eigenvalue weighted by Crippen LogP contribution is 2.29. The number of methoxy groups -OCH3 is 1. The molecule has 0 aliphatic carbocycles. The first-order chi connectivity index (χ1) is 28.0. The van der Waals surface area contributed by atoms with Gasteiger partial charge >= 0.3 is 12.1 Å². The van der Waals surface area contributed by atoms with E-state index in [1.54, 1.807) is 22.2 Å². The van der Waals surface area contributed by atoms with Gasteiger partial charge in [-0.1, -0.05) is 133 Å². The van der Waals surface area contributed by atoms with Crippen LogP contribution in [0.25, 0.3) is 11.1 Å². The maximum Gasteiger partial charge on any atom is 0.407 e. The smallest absolute Gasteiger partial charge is 0.407 e. The van der Waals surface area contributed by atoms with Gasteiger partial charge in [0.25, 0.3) is 0 Å². The molecular formula is C47H60N6O6. The van der Waals surface area contributed by atoms with Crippen molar-refractivity contribution < 1.29 is 29.0 Å². The topological polar surface area (TPSA) is 153 Å². The maximum atomic E-state index is 14.6. The molecule has 12 heteroatoms. The van der Waals surface area contributed by atoms with E-state index < -0.39 is 53.1 Å².